The minimum Gasteiger partial charge on any atom is -0.483 e. The summed E-state index contributed by atoms with van der Waals surface area (Å²) in [6, 6.07) is 20.2. The highest BCUT2D eigenvalue weighted by molar-refractivity contribution is 6.30. The monoisotopic (exact) mass is 404 g/mol. The standard InChI is InChI=1S/C25H25ClN2O/c1-16-13-17(2)22(18(3)14-16)15-28-24-8-6-5-7-23(24)27-25(28)19(4)29-21-11-9-20(26)10-12-21/h5-14,19H,15H2,1-4H3. The number of ether oxygens (including phenoxy) is 1. The second kappa shape index (κ2) is 7.92. The number of fused-ring (bicyclic) bond motifs is 1. The van der Waals surface area contributed by atoms with Crippen LogP contribution in [0.25, 0.3) is 11.0 Å². The average molecular weight is 405 g/mol. The zero-order chi connectivity index (χ0) is 20.5. The minimum absolute atomic E-state index is 0.199. The smallest absolute Gasteiger partial charge is 0.153 e. The topological polar surface area (TPSA) is 27.1 Å². The molecule has 3 nitrogen and oxygen atoms in total. The van der Waals surface area contributed by atoms with Gasteiger partial charge in [0.25, 0.3) is 0 Å². The first-order chi connectivity index (χ1) is 13.9. The van der Waals surface area contributed by atoms with Crippen molar-refractivity contribution in [3.05, 3.63) is 93.8 Å². The van der Waals surface area contributed by atoms with Crippen LogP contribution in [0.1, 0.15) is 41.1 Å². The largest absolute Gasteiger partial charge is 0.483 e. The summed E-state index contributed by atoms with van der Waals surface area (Å²) in [7, 11) is 0. The number of nitrogens with zero attached hydrogens (tertiary/aromatic N) is 2. The first-order valence-corrected chi connectivity index (χ1v) is 10.2. The molecule has 29 heavy (non-hydrogen) atoms. The Hall–Kier alpha value is -2.78. The van der Waals surface area contributed by atoms with Crippen molar-refractivity contribution in [3.63, 3.8) is 0 Å². The molecule has 4 rings (SSSR count). The summed E-state index contributed by atoms with van der Waals surface area (Å²) < 4.78 is 8.48. The summed E-state index contributed by atoms with van der Waals surface area (Å²) in [5.41, 5.74) is 7.33. The van der Waals surface area contributed by atoms with E-state index in [9.17, 15) is 0 Å². The van der Waals surface area contributed by atoms with E-state index in [1.807, 2.05) is 37.3 Å². The van der Waals surface area contributed by atoms with Gasteiger partial charge in [0.15, 0.2) is 11.9 Å². The molecule has 0 bridgehead atoms. The highest BCUT2D eigenvalue weighted by Gasteiger charge is 2.19. The molecule has 0 radical (unpaired) electrons. The fraction of sp³-hybridized carbons (Fsp3) is 0.240. The van der Waals surface area contributed by atoms with Gasteiger partial charge >= 0.3 is 0 Å². The zero-order valence-corrected chi connectivity index (χ0v) is 18.0. The van der Waals surface area contributed by atoms with Gasteiger partial charge in [0.1, 0.15) is 5.75 Å². The molecule has 4 aromatic rings. The molecular formula is C25H25ClN2O. The number of benzene rings is 3. The van der Waals surface area contributed by atoms with Gasteiger partial charge in [-0.05, 0) is 80.8 Å². The molecule has 3 aromatic carbocycles. The highest BCUT2D eigenvalue weighted by atomic mass is 35.5. The second-order valence-corrected chi connectivity index (χ2v) is 8.07. The third kappa shape index (κ3) is 4.01. The fourth-order valence-corrected chi connectivity index (χ4v) is 4.08. The van der Waals surface area contributed by atoms with Crippen LogP contribution in [0, 0.1) is 20.8 Å². The van der Waals surface area contributed by atoms with Crippen molar-refractivity contribution in [1.82, 2.24) is 9.55 Å². The van der Waals surface area contributed by atoms with Gasteiger partial charge in [0.2, 0.25) is 0 Å². The molecule has 0 saturated carbocycles. The van der Waals surface area contributed by atoms with Crippen molar-refractivity contribution in [1.29, 1.82) is 0 Å². The maximum Gasteiger partial charge on any atom is 0.153 e. The molecule has 0 aliphatic carbocycles. The normalized spacial score (nSPS) is 12.3. The molecule has 1 atom stereocenters. The maximum absolute atomic E-state index is 6.20. The van der Waals surface area contributed by atoms with E-state index >= 15 is 0 Å². The first kappa shape index (κ1) is 19.5. The van der Waals surface area contributed by atoms with Crippen LogP contribution in [-0.2, 0) is 6.54 Å². The zero-order valence-electron chi connectivity index (χ0n) is 17.2. The SMILES string of the molecule is Cc1cc(C)c(Cn2c(C(C)Oc3ccc(Cl)cc3)nc3ccccc32)c(C)c1. The van der Waals surface area contributed by atoms with Crippen molar-refractivity contribution < 1.29 is 4.74 Å². The number of aromatic nitrogens is 2. The van der Waals surface area contributed by atoms with E-state index in [4.69, 9.17) is 21.3 Å². The Labute approximate surface area is 176 Å². The Balaban J connectivity index is 1.76. The molecule has 0 aliphatic heterocycles. The number of aryl methyl sites for hydroxylation is 3. The van der Waals surface area contributed by atoms with Crippen LogP contribution in [-0.4, -0.2) is 9.55 Å². The Morgan fingerprint density at radius 1 is 0.966 bits per heavy atom. The lowest BCUT2D eigenvalue weighted by Gasteiger charge is -2.19. The quantitative estimate of drug-likeness (QED) is 0.365. The molecule has 0 spiro atoms. The van der Waals surface area contributed by atoms with Crippen LogP contribution < -0.4 is 4.74 Å². The van der Waals surface area contributed by atoms with Crippen LogP contribution in [0.3, 0.4) is 0 Å². The predicted molar refractivity (Wildman–Crippen MR) is 120 cm³/mol. The molecule has 0 fully saturated rings. The van der Waals surface area contributed by atoms with Gasteiger partial charge in [-0.25, -0.2) is 4.98 Å². The Kier molecular flexibility index (Phi) is 5.33. The number of para-hydroxylation sites is 2. The number of halogens is 1. The van der Waals surface area contributed by atoms with Crippen molar-refractivity contribution in [2.75, 3.05) is 0 Å². The van der Waals surface area contributed by atoms with Gasteiger partial charge < -0.3 is 9.30 Å². The van der Waals surface area contributed by atoms with Gasteiger partial charge in [-0.2, -0.15) is 0 Å². The molecule has 0 saturated heterocycles. The second-order valence-electron chi connectivity index (χ2n) is 7.64. The molecular weight excluding hydrogens is 380 g/mol. The lowest BCUT2D eigenvalue weighted by Crippen LogP contribution is -2.14. The molecule has 0 aliphatic rings. The summed E-state index contributed by atoms with van der Waals surface area (Å²) in [6.07, 6.45) is -0.199. The van der Waals surface area contributed by atoms with Crippen LogP contribution in [0.4, 0.5) is 0 Å². The van der Waals surface area contributed by atoms with Gasteiger partial charge in [-0.15, -0.1) is 0 Å². The minimum atomic E-state index is -0.199. The predicted octanol–water partition coefficient (Wildman–Crippen LogP) is 6.80. The molecule has 1 aromatic heterocycles. The van der Waals surface area contributed by atoms with E-state index in [2.05, 4.69) is 55.7 Å². The van der Waals surface area contributed by atoms with Gasteiger partial charge in [0.05, 0.1) is 11.0 Å². The number of rotatable bonds is 5. The van der Waals surface area contributed by atoms with Crippen molar-refractivity contribution in [2.45, 2.75) is 40.3 Å². The van der Waals surface area contributed by atoms with Gasteiger partial charge in [-0.3, -0.25) is 0 Å². The lowest BCUT2D eigenvalue weighted by atomic mass is 9.99. The van der Waals surface area contributed by atoms with Crippen molar-refractivity contribution in [2.24, 2.45) is 0 Å². The number of hydrogen-bond donors (Lipinski definition) is 0. The highest BCUT2D eigenvalue weighted by Crippen LogP contribution is 2.28. The summed E-state index contributed by atoms with van der Waals surface area (Å²) in [5, 5.41) is 0.697. The Morgan fingerprint density at radius 2 is 1.62 bits per heavy atom. The third-order valence-electron chi connectivity index (χ3n) is 5.33. The summed E-state index contributed by atoms with van der Waals surface area (Å²) in [6.45, 7) is 9.32. The van der Waals surface area contributed by atoms with Gasteiger partial charge in [-0.1, -0.05) is 41.4 Å². The third-order valence-corrected chi connectivity index (χ3v) is 5.58. The summed E-state index contributed by atoms with van der Waals surface area (Å²) in [5.74, 6) is 1.70. The van der Waals surface area contributed by atoms with Crippen molar-refractivity contribution >= 4 is 22.6 Å². The van der Waals surface area contributed by atoms with E-state index in [0.717, 1.165) is 29.2 Å². The molecule has 148 valence electrons. The van der Waals surface area contributed by atoms with Crippen LogP contribution in [0.2, 0.25) is 5.02 Å². The molecule has 1 unspecified atom stereocenters. The first-order valence-electron chi connectivity index (χ1n) is 9.86. The molecule has 1 heterocycles. The maximum atomic E-state index is 6.20. The Bertz CT molecular complexity index is 1140. The van der Waals surface area contributed by atoms with Crippen LogP contribution >= 0.6 is 11.6 Å². The molecule has 0 amide bonds. The van der Waals surface area contributed by atoms with Crippen LogP contribution in [0.15, 0.2) is 60.7 Å². The summed E-state index contributed by atoms with van der Waals surface area (Å²) >= 11 is 6.00. The lowest BCUT2D eigenvalue weighted by molar-refractivity contribution is 0.212. The molecule has 4 heteroatoms. The van der Waals surface area contributed by atoms with Crippen LogP contribution in [0.5, 0.6) is 5.75 Å². The fourth-order valence-electron chi connectivity index (χ4n) is 3.96. The van der Waals surface area contributed by atoms with Crippen molar-refractivity contribution in [3.8, 4) is 5.75 Å². The van der Waals surface area contributed by atoms with E-state index in [-0.39, 0.29) is 6.10 Å². The van der Waals surface area contributed by atoms with E-state index in [1.165, 1.54) is 22.3 Å². The number of imidazole rings is 1. The van der Waals surface area contributed by atoms with E-state index in [0.29, 0.717) is 5.02 Å². The Morgan fingerprint density at radius 3 is 2.31 bits per heavy atom. The number of hydrogen-bond acceptors (Lipinski definition) is 2. The van der Waals surface area contributed by atoms with E-state index < -0.39 is 0 Å². The van der Waals surface area contributed by atoms with E-state index in [1.54, 1.807) is 0 Å². The average Bonchev–Trinajstić information content (AvgIpc) is 3.05. The van der Waals surface area contributed by atoms with Gasteiger partial charge in [0, 0.05) is 11.6 Å². The summed E-state index contributed by atoms with van der Waals surface area (Å²) in [4.78, 5) is 4.91. The molecule has 0 N–H and O–H groups in total.